The van der Waals surface area contributed by atoms with Gasteiger partial charge in [-0.15, -0.1) is 0 Å². The molecule has 4 rings (SSSR count). The van der Waals surface area contributed by atoms with E-state index in [2.05, 4.69) is 32.9 Å². The van der Waals surface area contributed by atoms with Gasteiger partial charge in [-0.25, -0.2) is 8.78 Å². The second-order valence-corrected chi connectivity index (χ2v) is 9.67. The number of halogens is 2. The van der Waals surface area contributed by atoms with E-state index in [1.165, 1.54) is 17.7 Å². The summed E-state index contributed by atoms with van der Waals surface area (Å²) in [4.78, 5) is 0. The van der Waals surface area contributed by atoms with Crippen molar-refractivity contribution in [3.63, 3.8) is 0 Å². The minimum absolute atomic E-state index is 0.0683. The zero-order valence-corrected chi connectivity index (χ0v) is 22.7. The summed E-state index contributed by atoms with van der Waals surface area (Å²) in [7, 11) is 3.47. The van der Waals surface area contributed by atoms with Crippen LogP contribution in [0.15, 0.2) is 41.5 Å². The molecule has 1 aliphatic rings. The van der Waals surface area contributed by atoms with Crippen LogP contribution in [0, 0.1) is 11.6 Å². The van der Waals surface area contributed by atoms with Crippen molar-refractivity contribution < 1.29 is 13.5 Å². The summed E-state index contributed by atoms with van der Waals surface area (Å²) >= 11 is 0. The van der Waals surface area contributed by atoms with Crippen LogP contribution in [0.4, 0.5) is 14.5 Å². The minimum atomic E-state index is -0.635. The number of benzene rings is 1. The van der Waals surface area contributed by atoms with Crippen LogP contribution in [0.1, 0.15) is 63.3 Å². The highest BCUT2D eigenvalue weighted by Crippen LogP contribution is 2.33. The van der Waals surface area contributed by atoms with Crippen LogP contribution in [0.25, 0.3) is 29.0 Å². The molecule has 0 spiro atoms. The Balaban J connectivity index is 1.68. The SMILES string of the molecule is CC/C(C)=C/c1[nH]nc(-c2cnn(C)c2)c1/C=C(\C)c1c(F)cc(NC(NCCOC)=C2CCC2)cc1F. The fourth-order valence-corrected chi connectivity index (χ4v) is 4.33. The number of ether oxygens (including phenoxy) is 1. The van der Waals surface area contributed by atoms with Gasteiger partial charge in [0.15, 0.2) is 0 Å². The van der Waals surface area contributed by atoms with Crippen LogP contribution < -0.4 is 10.6 Å². The number of hydrogen-bond donors (Lipinski definition) is 3. The average Bonchev–Trinajstić information content (AvgIpc) is 3.43. The Bertz CT molecular complexity index is 1350. The van der Waals surface area contributed by atoms with E-state index in [1.54, 1.807) is 31.0 Å². The predicted octanol–water partition coefficient (Wildman–Crippen LogP) is 6.51. The molecule has 0 atom stereocenters. The summed E-state index contributed by atoms with van der Waals surface area (Å²) in [6.07, 6.45) is 11.3. The molecule has 0 unspecified atom stereocenters. The Morgan fingerprint density at radius 3 is 2.50 bits per heavy atom. The van der Waals surface area contributed by atoms with Gasteiger partial charge in [0, 0.05) is 49.3 Å². The van der Waals surface area contributed by atoms with Gasteiger partial charge in [-0.2, -0.15) is 10.2 Å². The lowest BCUT2D eigenvalue weighted by molar-refractivity contribution is 0.202. The molecule has 0 aliphatic heterocycles. The van der Waals surface area contributed by atoms with Crippen LogP contribution in [0.2, 0.25) is 0 Å². The first-order chi connectivity index (χ1) is 18.3. The molecule has 3 N–H and O–H groups in total. The normalized spacial score (nSPS) is 14.0. The number of H-pyrrole nitrogens is 1. The lowest BCUT2D eigenvalue weighted by Crippen LogP contribution is -2.27. The fraction of sp³-hybridized carbons (Fsp3) is 0.379. The molecular formula is C29H36F2N6O. The Kier molecular flexibility index (Phi) is 8.78. The molecule has 2 aromatic heterocycles. The second kappa shape index (κ2) is 12.2. The van der Waals surface area contributed by atoms with Crippen molar-refractivity contribution >= 4 is 23.4 Å². The Labute approximate surface area is 222 Å². The van der Waals surface area contributed by atoms with Crippen LogP contribution in [0.5, 0.6) is 0 Å². The summed E-state index contributed by atoms with van der Waals surface area (Å²) in [5.41, 5.74) is 6.13. The quantitative estimate of drug-likeness (QED) is 0.250. The highest BCUT2D eigenvalue weighted by molar-refractivity contribution is 5.88. The van der Waals surface area contributed by atoms with E-state index >= 15 is 8.78 Å². The fourth-order valence-electron chi connectivity index (χ4n) is 4.33. The number of rotatable bonds is 11. The number of nitrogens with one attached hydrogen (secondary N) is 3. The highest BCUT2D eigenvalue weighted by Gasteiger charge is 2.19. The van der Waals surface area contributed by atoms with Crippen LogP contribution >= 0.6 is 0 Å². The second-order valence-electron chi connectivity index (χ2n) is 9.67. The molecule has 7 nitrogen and oxygen atoms in total. The summed E-state index contributed by atoms with van der Waals surface area (Å²) in [5.74, 6) is -0.469. The lowest BCUT2D eigenvalue weighted by Gasteiger charge is -2.24. The van der Waals surface area contributed by atoms with Gasteiger partial charge < -0.3 is 15.4 Å². The number of aryl methyl sites for hydroxylation is 1. The molecule has 1 fully saturated rings. The van der Waals surface area contributed by atoms with Gasteiger partial charge in [-0.1, -0.05) is 12.5 Å². The van der Waals surface area contributed by atoms with Gasteiger partial charge in [0.05, 0.1) is 18.5 Å². The van der Waals surface area contributed by atoms with E-state index in [-0.39, 0.29) is 5.56 Å². The van der Waals surface area contributed by atoms with Crippen molar-refractivity contribution in [1.82, 2.24) is 25.3 Å². The maximum atomic E-state index is 15.4. The maximum absolute atomic E-state index is 15.4. The molecule has 38 heavy (non-hydrogen) atoms. The number of methoxy groups -OCH3 is 1. The molecule has 202 valence electrons. The van der Waals surface area contributed by atoms with Crippen LogP contribution in [0.3, 0.4) is 0 Å². The summed E-state index contributed by atoms with van der Waals surface area (Å²) in [6, 6.07) is 2.68. The first kappa shape index (κ1) is 27.3. The highest BCUT2D eigenvalue weighted by atomic mass is 19.1. The molecular weight excluding hydrogens is 486 g/mol. The van der Waals surface area contributed by atoms with E-state index < -0.39 is 11.6 Å². The van der Waals surface area contributed by atoms with E-state index in [4.69, 9.17) is 4.74 Å². The van der Waals surface area contributed by atoms with Crippen molar-refractivity contribution in [1.29, 1.82) is 0 Å². The monoisotopic (exact) mass is 522 g/mol. The molecule has 3 aromatic rings. The van der Waals surface area contributed by atoms with Gasteiger partial charge in [0.2, 0.25) is 0 Å². The minimum Gasteiger partial charge on any atom is -0.383 e. The van der Waals surface area contributed by atoms with Gasteiger partial charge in [0.25, 0.3) is 0 Å². The topological polar surface area (TPSA) is 79.8 Å². The van der Waals surface area contributed by atoms with Gasteiger partial charge in [-0.3, -0.25) is 9.78 Å². The Morgan fingerprint density at radius 2 is 1.92 bits per heavy atom. The number of allylic oxidation sites excluding steroid dienone is 3. The third-order valence-electron chi connectivity index (χ3n) is 6.75. The van der Waals surface area contributed by atoms with Crippen LogP contribution in [-0.2, 0) is 11.8 Å². The predicted molar refractivity (Wildman–Crippen MR) is 149 cm³/mol. The maximum Gasteiger partial charge on any atom is 0.135 e. The van der Waals surface area contributed by atoms with Crippen molar-refractivity contribution in [2.75, 3.05) is 25.6 Å². The standard InChI is InChI=1S/C29H36F2N6O/c1-6-18(2)12-26-23(28(36-35-26)21-16-33-37(4)17-21)13-19(3)27-24(30)14-22(15-25(27)31)34-29(20-8-7-9-20)32-10-11-38-5/h12-17,32,34H,6-11H2,1-5H3,(H,35,36)/b18-12+,19-13+. The summed E-state index contributed by atoms with van der Waals surface area (Å²) in [6.45, 7) is 6.96. The van der Waals surface area contributed by atoms with Crippen LogP contribution in [-0.4, -0.2) is 40.2 Å². The Hall–Kier alpha value is -3.72. The van der Waals surface area contributed by atoms with Gasteiger partial charge in [0.1, 0.15) is 23.1 Å². The first-order valence-corrected chi connectivity index (χ1v) is 12.9. The number of anilines is 1. The van der Waals surface area contributed by atoms with E-state index in [0.717, 1.165) is 53.9 Å². The zero-order chi connectivity index (χ0) is 27.2. The lowest BCUT2D eigenvalue weighted by atomic mass is 9.92. The number of aromatic amines is 1. The number of nitrogens with zero attached hydrogens (tertiary/aromatic N) is 3. The van der Waals surface area contributed by atoms with E-state index in [0.29, 0.717) is 30.1 Å². The molecule has 0 radical (unpaired) electrons. The molecule has 0 amide bonds. The molecule has 1 saturated carbocycles. The smallest absolute Gasteiger partial charge is 0.135 e. The average molecular weight is 523 g/mol. The Morgan fingerprint density at radius 1 is 1.18 bits per heavy atom. The molecule has 0 bridgehead atoms. The molecule has 1 aromatic carbocycles. The molecule has 0 saturated heterocycles. The third kappa shape index (κ3) is 6.22. The van der Waals surface area contributed by atoms with Crippen molar-refractivity contribution in [3.8, 4) is 11.3 Å². The molecule has 2 heterocycles. The molecule has 1 aliphatic carbocycles. The summed E-state index contributed by atoms with van der Waals surface area (Å²) in [5, 5.41) is 18.3. The van der Waals surface area contributed by atoms with Gasteiger partial charge in [-0.05, 0) is 75.0 Å². The van der Waals surface area contributed by atoms with Gasteiger partial charge >= 0.3 is 0 Å². The van der Waals surface area contributed by atoms with Crippen molar-refractivity contribution in [2.45, 2.75) is 46.5 Å². The number of hydrogen-bond acceptors (Lipinski definition) is 5. The van der Waals surface area contributed by atoms with E-state index in [9.17, 15) is 0 Å². The first-order valence-electron chi connectivity index (χ1n) is 12.9. The summed E-state index contributed by atoms with van der Waals surface area (Å²) < 4.78 is 37.6. The van der Waals surface area contributed by atoms with Crippen molar-refractivity contribution in [3.05, 3.63) is 69.9 Å². The molecule has 9 heteroatoms. The van der Waals surface area contributed by atoms with E-state index in [1.807, 2.05) is 26.2 Å². The third-order valence-corrected chi connectivity index (χ3v) is 6.75. The zero-order valence-electron chi connectivity index (χ0n) is 22.7. The number of aromatic nitrogens is 4. The largest absolute Gasteiger partial charge is 0.383 e. The van der Waals surface area contributed by atoms with Crippen molar-refractivity contribution in [2.24, 2.45) is 7.05 Å².